The zero-order chi connectivity index (χ0) is 18.8. The van der Waals surface area contributed by atoms with E-state index in [1.807, 2.05) is 30.3 Å². The van der Waals surface area contributed by atoms with Gasteiger partial charge in [0.1, 0.15) is 5.15 Å². The highest BCUT2D eigenvalue weighted by Crippen LogP contribution is 2.31. The molecular formula is C20H20ClN5O. The number of nitrogens with one attached hydrogen (secondary N) is 3. The number of benzene rings is 2. The van der Waals surface area contributed by atoms with E-state index >= 15 is 0 Å². The van der Waals surface area contributed by atoms with E-state index in [1.165, 1.54) is 5.56 Å². The van der Waals surface area contributed by atoms with Crippen molar-refractivity contribution < 1.29 is 4.79 Å². The van der Waals surface area contributed by atoms with Crippen LogP contribution in [0.1, 0.15) is 27.9 Å². The third-order valence-electron chi connectivity index (χ3n) is 4.71. The largest absolute Gasteiger partial charge is 0.383 e. The molecule has 0 aliphatic carbocycles. The van der Waals surface area contributed by atoms with Gasteiger partial charge in [-0.25, -0.2) is 5.43 Å². The molecule has 0 fully saturated rings. The van der Waals surface area contributed by atoms with Crippen molar-refractivity contribution in [1.82, 2.24) is 10.4 Å². The van der Waals surface area contributed by atoms with Gasteiger partial charge in [0.15, 0.2) is 0 Å². The maximum atomic E-state index is 12.3. The van der Waals surface area contributed by atoms with Crippen LogP contribution in [0.5, 0.6) is 0 Å². The molecule has 1 aliphatic heterocycles. The molecule has 7 heteroatoms. The smallest absolute Gasteiger partial charge is 0.272 e. The normalized spacial score (nSPS) is 14.1. The second kappa shape index (κ2) is 7.42. The molecule has 3 aromatic rings. The van der Waals surface area contributed by atoms with E-state index in [0.717, 1.165) is 29.4 Å². The van der Waals surface area contributed by atoms with Gasteiger partial charge in [0.2, 0.25) is 0 Å². The first-order chi connectivity index (χ1) is 13.1. The Hall–Kier alpha value is -2.83. The fourth-order valence-electron chi connectivity index (χ4n) is 3.29. The number of nitrogens with zero attached hydrogens (tertiary/aromatic N) is 1. The van der Waals surface area contributed by atoms with E-state index in [2.05, 4.69) is 33.0 Å². The summed E-state index contributed by atoms with van der Waals surface area (Å²) in [6, 6.07) is 14.0. The average Bonchev–Trinajstić information content (AvgIpc) is 2.89. The Balaban J connectivity index is 1.48. The number of anilines is 1. The van der Waals surface area contributed by atoms with Crippen molar-refractivity contribution >= 4 is 40.3 Å². The highest BCUT2D eigenvalue weighted by molar-refractivity contribution is 6.35. The number of halogens is 1. The van der Waals surface area contributed by atoms with Crippen molar-refractivity contribution in [3.63, 3.8) is 0 Å². The SMILES string of the molecule is N[C@H](CCc1ccccc1)CNc1cc2c3c(c(Cl)[nH]c3c1)C=NNC2=O. The van der Waals surface area contributed by atoms with Gasteiger partial charge in [-0.05, 0) is 30.5 Å². The third kappa shape index (κ3) is 3.67. The molecule has 5 N–H and O–H groups in total. The number of H-pyrrole nitrogens is 1. The number of aromatic nitrogens is 1. The number of hydrogen-bond acceptors (Lipinski definition) is 4. The number of amides is 1. The number of aromatic amines is 1. The quantitative estimate of drug-likeness (QED) is 0.527. The molecule has 1 amide bonds. The predicted octanol–water partition coefficient (Wildman–Crippen LogP) is 3.27. The molecule has 0 unspecified atom stereocenters. The van der Waals surface area contributed by atoms with Gasteiger partial charge >= 0.3 is 0 Å². The lowest BCUT2D eigenvalue weighted by atomic mass is 10.0. The van der Waals surface area contributed by atoms with E-state index in [1.54, 1.807) is 6.21 Å². The van der Waals surface area contributed by atoms with Gasteiger partial charge in [-0.2, -0.15) is 5.10 Å². The van der Waals surface area contributed by atoms with Gasteiger partial charge in [0, 0.05) is 29.2 Å². The van der Waals surface area contributed by atoms with Crippen LogP contribution in [-0.4, -0.2) is 29.7 Å². The molecule has 1 aliphatic rings. The Labute approximate surface area is 161 Å². The maximum absolute atomic E-state index is 12.3. The first-order valence-corrected chi connectivity index (χ1v) is 9.21. The van der Waals surface area contributed by atoms with E-state index < -0.39 is 0 Å². The summed E-state index contributed by atoms with van der Waals surface area (Å²) < 4.78 is 0. The van der Waals surface area contributed by atoms with Gasteiger partial charge in [0.05, 0.1) is 17.3 Å². The lowest BCUT2D eigenvalue weighted by Crippen LogP contribution is -2.29. The molecule has 4 rings (SSSR count). The van der Waals surface area contributed by atoms with Crippen molar-refractivity contribution in [2.24, 2.45) is 10.8 Å². The number of aryl methyl sites for hydroxylation is 1. The van der Waals surface area contributed by atoms with E-state index in [-0.39, 0.29) is 11.9 Å². The molecule has 0 radical (unpaired) electrons. The van der Waals surface area contributed by atoms with Gasteiger partial charge in [-0.1, -0.05) is 41.9 Å². The van der Waals surface area contributed by atoms with Crippen LogP contribution in [0.3, 0.4) is 0 Å². The molecular weight excluding hydrogens is 362 g/mol. The fourth-order valence-corrected chi connectivity index (χ4v) is 3.54. The van der Waals surface area contributed by atoms with Crippen LogP contribution in [0.4, 0.5) is 5.69 Å². The minimum atomic E-state index is -0.261. The first-order valence-electron chi connectivity index (χ1n) is 8.84. The van der Waals surface area contributed by atoms with Crippen LogP contribution < -0.4 is 16.5 Å². The van der Waals surface area contributed by atoms with Crippen LogP contribution in [0.15, 0.2) is 47.6 Å². The Morgan fingerprint density at radius 1 is 1.22 bits per heavy atom. The Morgan fingerprint density at radius 3 is 2.85 bits per heavy atom. The first kappa shape index (κ1) is 17.6. The Morgan fingerprint density at radius 2 is 2.04 bits per heavy atom. The fraction of sp³-hybridized carbons (Fsp3) is 0.200. The lowest BCUT2D eigenvalue weighted by Gasteiger charge is -2.15. The molecule has 138 valence electrons. The molecule has 1 aromatic heterocycles. The summed E-state index contributed by atoms with van der Waals surface area (Å²) in [6.07, 6.45) is 3.37. The average molecular weight is 382 g/mol. The topological polar surface area (TPSA) is 95.3 Å². The number of rotatable bonds is 6. The summed E-state index contributed by atoms with van der Waals surface area (Å²) in [7, 11) is 0. The molecule has 1 atom stereocenters. The van der Waals surface area contributed by atoms with Crippen LogP contribution in [-0.2, 0) is 6.42 Å². The van der Waals surface area contributed by atoms with Crippen molar-refractivity contribution in [2.75, 3.05) is 11.9 Å². The maximum Gasteiger partial charge on any atom is 0.272 e. The zero-order valence-electron chi connectivity index (χ0n) is 14.6. The number of hydrogen-bond donors (Lipinski definition) is 4. The lowest BCUT2D eigenvalue weighted by molar-refractivity contribution is 0.0957. The van der Waals surface area contributed by atoms with E-state index in [0.29, 0.717) is 22.8 Å². The molecule has 2 aromatic carbocycles. The third-order valence-corrected chi connectivity index (χ3v) is 5.01. The van der Waals surface area contributed by atoms with E-state index in [4.69, 9.17) is 17.3 Å². The van der Waals surface area contributed by atoms with Gasteiger partial charge in [0.25, 0.3) is 5.91 Å². The van der Waals surface area contributed by atoms with Gasteiger partial charge in [-0.3, -0.25) is 4.79 Å². The molecule has 2 heterocycles. The number of nitrogens with two attached hydrogens (primary N) is 1. The zero-order valence-corrected chi connectivity index (χ0v) is 15.4. The molecule has 0 bridgehead atoms. The summed E-state index contributed by atoms with van der Waals surface area (Å²) in [5.74, 6) is -0.261. The van der Waals surface area contributed by atoms with Crippen LogP contribution in [0, 0.1) is 0 Å². The van der Waals surface area contributed by atoms with Crippen molar-refractivity contribution in [2.45, 2.75) is 18.9 Å². The van der Waals surface area contributed by atoms with Crippen LogP contribution in [0.25, 0.3) is 10.9 Å². The minimum Gasteiger partial charge on any atom is -0.383 e. The van der Waals surface area contributed by atoms with Crippen molar-refractivity contribution in [3.05, 3.63) is 64.3 Å². The van der Waals surface area contributed by atoms with Crippen LogP contribution >= 0.6 is 11.6 Å². The molecule has 0 saturated heterocycles. The highest BCUT2D eigenvalue weighted by Gasteiger charge is 2.20. The Kier molecular flexibility index (Phi) is 4.83. The van der Waals surface area contributed by atoms with E-state index in [9.17, 15) is 4.79 Å². The molecule has 6 nitrogen and oxygen atoms in total. The van der Waals surface area contributed by atoms with Gasteiger partial charge in [-0.15, -0.1) is 0 Å². The standard InChI is InChI=1S/C20H20ClN5O/c21-19-16-11-24-26-20(27)15-8-14(9-17(25-19)18(15)16)23-10-13(22)7-6-12-4-2-1-3-5-12/h1-5,8-9,11,13,23,25H,6-7,10,22H2,(H,26,27)/t13-/m1/s1. The van der Waals surface area contributed by atoms with Crippen molar-refractivity contribution in [1.29, 1.82) is 0 Å². The van der Waals surface area contributed by atoms with Crippen LogP contribution in [0.2, 0.25) is 5.15 Å². The monoisotopic (exact) mass is 381 g/mol. The minimum absolute atomic E-state index is 0.0000117. The number of carbonyl (C=O) groups excluding carboxylic acids is 1. The summed E-state index contributed by atoms with van der Waals surface area (Å²) in [4.78, 5) is 15.4. The second-order valence-corrected chi connectivity index (χ2v) is 7.04. The highest BCUT2D eigenvalue weighted by atomic mass is 35.5. The second-order valence-electron chi connectivity index (χ2n) is 6.66. The molecule has 0 spiro atoms. The summed E-state index contributed by atoms with van der Waals surface area (Å²) >= 11 is 6.25. The summed E-state index contributed by atoms with van der Waals surface area (Å²) in [5, 5.41) is 8.48. The summed E-state index contributed by atoms with van der Waals surface area (Å²) in [6.45, 7) is 0.608. The Bertz CT molecular complexity index is 1010. The van der Waals surface area contributed by atoms with Crippen molar-refractivity contribution in [3.8, 4) is 0 Å². The number of carbonyl (C=O) groups is 1. The number of hydrazone groups is 1. The molecule has 27 heavy (non-hydrogen) atoms. The summed E-state index contributed by atoms with van der Waals surface area (Å²) in [5.41, 5.74) is 12.9. The van der Waals surface area contributed by atoms with Gasteiger partial charge < -0.3 is 16.0 Å². The molecule has 0 saturated carbocycles. The predicted molar refractivity (Wildman–Crippen MR) is 110 cm³/mol.